The van der Waals surface area contributed by atoms with Crippen LogP contribution in [0.4, 0.5) is 5.69 Å². The third kappa shape index (κ3) is 6.46. The largest absolute Gasteiger partial charge is 0.491 e. The highest BCUT2D eigenvalue weighted by Gasteiger charge is 2.06. The molecule has 2 aromatic carbocycles. The molecule has 0 fully saturated rings. The van der Waals surface area contributed by atoms with E-state index < -0.39 is 0 Å². The topological polar surface area (TPSA) is 42.5 Å². The van der Waals surface area contributed by atoms with Gasteiger partial charge < -0.3 is 20.1 Å². The molecule has 0 aliphatic heterocycles. The van der Waals surface area contributed by atoms with Gasteiger partial charge in [0.25, 0.3) is 0 Å². The Labute approximate surface area is 149 Å². The van der Waals surface area contributed by atoms with Crippen molar-refractivity contribution in [3.8, 4) is 11.5 Å². The van der Waals surface area contributed by atoms with Gasteiger partial charge in [0.2, 0.25) is 0 Å². The van der Waals surface area contributed by atoms with Gasteiger partial charge in [-0.3, -0.25) is 0 Å². The van der Waals surface area contributed by atoms with Crippen LogP contribution in [0.5, 0.6) is 11.5 Å². The fraction of sp³-hybridized carbons (Fsp3) is 0.316. The summed E-state index contributed by atoms with van der Waals surface area (Å²) in [6.07, 6.45) is 0.139. The molecule has 2 aromatic rings. The zero-order valence-corrected chi connectivity index (χ0v) is 15.1. The van der Waals surface area contributed by atoms with Gasteiger partial charge in [0, 0.05) is 11.8 Å². The van der Waals surface area contributed by atoms with Gasteiger partial charge in [-0.15, -0.1) is 0 Å². The Balaban J connectivity index is 1.80. The Hall–Kier alpha value is -2.27. The molecule has 0 spiro atoms. The van der Waals surface area contributed by atoms with Crippen molar-refractivity contribution < 1.29 is 9.47 Å². The zero-order chi connectivity index (χ0) is 17.4. The van der Waals surface area contributed by atoms with Crippen LogP contribution in [0.3, 0.4) is 0 Å². The van der Waals surface area contributed by atoms with Gasteiger partial charge in [-0.25, -0.2) is 0 Å². The van der Waals surface area contributed by atoms with E-state index in [0.29, 0.717) is 11.7 Å². The van der Waals surface area contributed by atoms with Crippen molar-refractivity contribution in [2.24, 2.45) is 0 Å². The summed E-state index contributed by atoms with van der Waals surface area (Å²) in [7, 11) is 0. The van der Waals surface area contributed by atoms with E-state index in [-0.39, 0.29) is 12.1 Å². The lowest BCUT2D eigenvalue weighted by atomic mass is 10.3. The standard InChI is InChI=1S/C19H24N2O2S/c1-14(2)23-18-11-7-8-16(12-18)21-19(24)20-15(3)13-22-17-9-5-4-6-10-17/h4-12,14-15H,13H2,1-3H3,(H2,20,21,24)/t15-/m1/s1. The second-order valence-electron chi connectivity index (χ2n) is 5.82. The smallest absolute Gasteiger partial charge is 0.171 e. The average molecular weight is 344 g/mol. The van der Waals surface area contributed by atoms with Crippen molar-refractivity contribution in [1.82, 2.24) is 5.32 Å². The number of rotatable bonds is 7. The van der Waals surface area contributed by atoms with Gasteiger partial charge in [0.1, 0.15) is 18.1 Å². The van der Waals surface area contributed by atoms with Gasteiger partial charge in [0.05, 0.1) is 12.1 Å². The Kier molecular flexibility index (Phi) is 6.88. The lowest BCUT2D eigenvalue weighted by Gasteiger charge is -2.18. The molecule has 1 atom stereocenters. The molecule has 0 aliphatic carbocycles. The van der Waals surface area contributed by atoms with Crippen LogP contribution in [-0.2, 0) is 0 Å². The summed E-state index contributed by atoms with van der Waals surface area (Å²) >= 11 is 5.36. The average Bonchev–Trinajstić information content (AvgIpc) is 2.53. The second kappa shape index (κ2) is 9.13. The monoisotopic (exact) mass is 344 g/mol. The maximum absolute atomic E-state index is 5.71. The van der Waals surface area contributed by atoms with Crippen molar-refractivity contribution in [2.45, 2.75) is 32.9 Å². The minimum absolute atomic E-state index is 0.0836. The first kappa shape index (κ1) is 18.1. The quantitative estimate of drug-likeness (QED) is 0.736. The zero-order valence-electron chi connectivity index (χ0n) is 14.3. The Bertz CT molecular complexity index is 647. The van der Waals surface area contributed by atoms with E-state index in [1.807, 2.05) is 75.4 Å². The van der Waals surface area contributed by atoms with Crippen molar-refractivity contribution in [1.29, 1.82) is 0 Å². The lowest BCUT2D eigenvalue weighted by Crippen LogP contribution is -2.39. The Morgan fingerprint density at radius 2 is 1.71 bits per heavy atom. The number of hydrogen-bond acceptors (Lipinski definition) is 3. The molecule has 0 aromatic heterocycles. The predicted octanol–water partition coefficient (Wildman–Crippen LogP) is 4.23. The van der Waals surface area contributed by atoms with Crippen LogP contribution >= 0.6 is 12.2 Å². The summed E-state index contributed by atoms with van der Waals surface area (Å²) < 4.78 is 11.4. The molecule has 24 heavy (non-hydrogen) atoms. The van der Waals surface area contributed by atoms with Crippen LogP contribution in [0.15, 0.2) is 54.6 Å². The van der Waals surface area contributed by atoms with Crippen LogP contribution in [0.2, 0.25) is 0 Å². The molecule has 4 nitrogen and oxygen atoms in total. The molecule has 5 heteroatoms. The van der Waals surface area contributed by atoms with E-state index in [9.17, 15) is 0 Å². The maximum atomic E-state index is 5.71. The molecule has 0 amide bonds. The molecule has 2 rings (SSSR count). The van der Waals surface area contributed by atoms with Crippen molar-refractivity contribution in [3.63, 3.8) is 0 Å². The Morgan fingerprint density at radius 3 is 2.42 bits per heavy atom. The number of benzene rings is 2. The van der Waals surface area contributed by atoms with Gasteiger partial charge >= 0.3 is 0 Å². The highest BCUT2D eigenvalue weighted by Crippen LogP contribution is 2.18. The molecule has 2 N–H and O–H groups in total. The first-order valence-electron chi connectivity index (χ1n) is 8.05. The van der Waals surface area contributed by atoms with E-state index in [0.717, 1.165) is 17.2 Å². The van der Waals surface area contributed by atoms with Gasteiger partial charge in [0.15, 0.2) is 5.11 Å². The Morgan fingerprint density at radius 1 is 1.00 bits per heavy atom. The summed E-state index contributed by atoms with van der Waals surface area (Å²) in [5.41, 5.74) is 0.891. The van der Waals surface area contributed by atoms with Crippen LogP contribution in [-0.4, -0.2) is 23.9 Å². The van der Waals surface area contributed by atoms with Gasteiger partial charge in [-0.1, -0.05) is 24.3 Å². The lowest BCUT2D eigenvalue weighted by molar-refractivity contribution is 0.242. The fourth-order valence-electron chi connectivity index (χ4n) is 2.09. The van der Waals surface area contributed by atoms with Crippen LogP contribution < -0.4 is 20.1 Å². The molecule has 0 aliphatic rings. The molecule has 0 unspecified atom stereocenters. The van der Waals surface area contributed by atoms with Crippen LogP contribution in [0.1, 0.15) is 20.8 Å². The number of thiocarbonyl (C=S) groups is 1. The molecular formula is C19H24N2O2S. The van der Waals surface area contributed by atoms with Gasteiger partial charge in [-0.2, -0.15) is 0 Å². The van der Waals surface area contributed by atoms with Crippen molar-refractivity contribution >= 4 is 23.0 Å². The maximum Gasteiger partial charge on any atom is 0.171 e. The summed E-state index contributed by atoms with van der Waals surface area (Å²) in [6, 6.07) is 17.6. The number of para-hydroxylation sites is 1. The summed E-state index contributed by atoms with van der Waals surface area (Å²) in [5, 5.41) is 6.94. The third-order valence-electron chi connectivity index (χ3n) is 3.08. The predicted molar refractivity (Wildman–Crippen MR) is 103 cm³/mol. The van der Waals surface area contributed by atoms with Crippen LogP contribution in [0, 0.1) is 0 Å². The summed E-state index contributed by atoms with van der Waals surface area (Å²) in [4.78, 5) is 0. The van der Waals surface area contributed by atoms with Crippen molar-refractivity contribution in [3.05, 3.63) is 54.6 Å². The van der Waals surface area contributed by atoms with Crippen molar-refractivity contribution in [2.75, 3.05) is 11.9 Å². The third-order valence-corrected chi connectivity index (χ3v) is 3.30. The molecule has 0 bridgehead atoms. The molecule has 0 radical (unpaired) electrons. The minimum Gasteiger partial charge on any atom is -0.491 e. The first-order chi connectivity index (χ1) is 11.5. The molecule has 0 saturated carbocycles. The molecular weight excluding hydrogens is 320 g/mol. The number of anilines is 1. The fourth-order valence-corrected chi connectivity index (χ4v) is 2.41. The minimum atomic E-state index is 0.0836. The van der Waals surface area contributed by atoms with Gasteiger partial charge in [-0.05, 0) is 57.3 Å². The number of nitrogens with one attached hydrogen (secondary N) is 2. The van der Waals surface area contributed by atoms with E-state index in [1.54, 1.807) is 0 Å². The SMILES string of the molecule is CC(C)Oc1cccc(NC(=S)N[C@H](C)COc2ccccc2)c1. The summed E-state index contributed by atoms with van der Waals surface area (Å²) in [5.74, 6) is 1.67. The van der Waals surface area contributed by atoms with E-state index >= 15 is 0 Å². The normalized spacial score (nSPS) is 11.7. The van der Waals surface area contributed by atoms with E-state index in [1.165, 1.54) is 0 Å². The molecule has 0 heterocycles. The number of hydrogen-bond donors (Lipinski definition) is 2. The second-order valence-corrected chi connectivity index (χ2v) is 6.23. The number of ether oxygens (including phenoxy) is 2. The molecule has 128 valence electrons. The molecule has 0 saturated heterocycles. The van der Waals surface area contributed by atoms with E-state index in [4.69, 9.17) is 21.7 Å². The van der Waals surface area contributed by atoms with E-state index in [2.05, 4.69) is 10.6 Å². The van der Waals surface area contributed by atoms with Crippen LogP contribution in [0.25, 0.3) is 0 Å². The summed E-state index contributed by atoms with van der Waals surface area (Å²) in [6.45, 7) is 6.55. The first-order valence-corrected chi connectivity index (χ1v) is 8.46. The highest BCUT2D eigenvalue weighted by molar-refractivity contribution is 7.80. The highest BCUT2D eigenvalue weighted by atomic mass is 32.1.